The Bertz CT molecular complexity index is 926. The van der Waals surface area contributed by atoms with E-state index in [4.69, 9.17) is 4.74 Å². The van der Waals surface area contributed by atoms with Crippen LogP contribution in [0.25, 0.3) is 5.69 Å². The maximum Gasteiger partial charge on any atom is 0.340 e. The lowest BCUT2D eigenvalue weighted by molar-refractivity contribution is 0.0455. The standard InChI is InChI=1S/C19H23N5O2/c1-5-10-23-18(20-21-22-23)12-26-19(25)16-11-14(3)24(15(16)4)17-9-7-6-8-13(17)2/h6-9,11H,5,10,12H2,1-4H3. The van der Waals surface area contributed by atoms with Gasteiger partial charge in [-0.2, -0.15) is 0 Å². The van der Waals surface area contributed by atoms with Gasteiger partial charge < -0.3 is 9.30 Å². The summed E-state index contributed by atoms with van der Waals surface area (Å²) >= 11 is 0. The molecule has 2 heterocycles. The number of hydrogen-bond acceptors (Lipinski definition) is 5. The van der Waals surface area contributed by atoms with Crippen molar-refractivity contribution in [2.75, 3.05) is 0 Å². The Hall–Kier alpha value is -2.96. The molecule has 3 aromatic rings. The van der Waals surface area contributed by atoms with Crippen LogP contribution in [0.4, 0.5) is 0 Å². The van der Waals surface area contributed by atoms with Crippen molar-refractivity contribution in [2.45, 2.75) is 47.3 Å². The van der Waals surface area contributed by atoms with E-state index < -0.39 is 0 Å². The number of carbonyl (C=O) groups excluding carboxylic acids is 1. The Morgan fingerprint density at radius 2 is 1.96 bits per heavy atom. The average Bonchev–Trinajstić information content (AvgIpc) is 3.18. The number of carbonyl (C=O) groups is 1. The quantitative estimate of drug-likeness (QED) is 0.636. The molecule has 0 radical (unpaired) electrons. The second kappa shape index (κ2) is 7.51. The van der Waals surface area contributed by atoms with E-state index in [2.05, 4.69) is 33.1 Å². The molecule has 26 heavy (non-hydrogen) atoms. The first-order chi connectivity index (χ1) is 12.5. The molecule has 0 spiro atoms. The van der Waals surface area contributed by atoms with Crippen molar-refractivity contribution < 1.29 is 9.53 Å². The maximum absolute atomic E-state index is 12.6. The van der Waals surface area contributed by atoms with Crippen molar-refractivity contribution in [1.82, 2.24) is 24.8 Å². The minimum Gasteiger partial charge on any atom is -0.454 e. The Morgan fingerprint density at radius 1 is 1.19 bits per heavy atom. The molecule has 0 aliphatic heterocycles. The van der Waals surface area contributed by atoms with Crippen molar-refractivity contribution in [1.29, 1.82) is 0 Å². The van der Waals surface area contributed by atoms with Gasteiger partial charge in [-0.25, -0.2) is 9.48 Å². The monoisotopic (exact) mass is 353 g/mol. The van der Waals surface area contributed by atoms with Gasteiger partial charge in [-0.05, 0) is 55.3 Å². The third kappa shape index (κ3) is 3.37. The summed E-state index contributed by atoms with van der Waals surface area (Å²) in [5.74, 6) is 0.178. The van der Waals surface area contributed by atoms with Gasteiger partial charge in [-0.1, -0.05) is 25.1 Å². The molecular weight excluding hydrogens is 330 g/mol. The van der Waals surface area contributed by atoms with Gasteiger partial charge >= 0.3 is 5.97 Å². The SMILES string of the molecule is CCCn1nnnc1COC(=O)c1cc(C)n(-c2ccccc2C)c1C. The van der Waals surface area contributed by atoms with Gasteiger partial charge in [0.1, 0.15) is 0 Å². The van der Waals surface area contributed by atoms with Crippen LogP contribution in [0.15, 0.2) is 30.3 Å². The molecule has 0 unspecified atom stereocenters. The Labute approximate surface area is 152 Å². The lowest BCUT2D eigenvalue weighted by Crippen LogP contribution is -2.12. The van der Waals surface area contributed by atoms with Gasteiger partial charge in [0.2, 0.25) is 0 Å². The predicted molar refractivity (Wildman–Crippen MR) is 97.2 cm³/mol. The number of hydrogen-bond donors (Lipinski definition) is 0. The second-order valence-corrected chi connectivity index (χ2v) is 6.30. The molecule has 3 rings (SSSR count). The highest BCUT2D eigenvalue weighted by molar-refractivity contribution is 5.91. The smallest absolute Gasteiger partial charge is 0.340 e. The molecule has 0 saturated carbocycles. The molecular formula is C19H23N5O2. The number of nitrogens with zero attached hydrogens (tertiary/aromatic N) is 5. The summed E-state index contributed by atoms with van der Waals surface area (Å²) < 4.78 is 9.19. The van der Waals surface area contributed by atoms with Crippen molar-refractivity contribution in [3.8, 4) is 5.69 Å². The van der Waals surface area contributed by atoms with E-state index in [1.165, 1.54) is 0 Å². The van der Waals surface area contributed by atoms with Crippen molar-refractivity contribution in [2.24, 2.45) is 0 Å². The van der Waals surface area contributed by atoms with E-state index in [1.807, 2.05) is 45.0 Å². The van der Waals surface area contributed by atoms with E-state index in [-0.39, 0.29) is 12.6 Å². The number of tetrazole rings is 1. The zero-order valence-corrected chi connectivity index (χ0v) is 15.6. The van der Waals surface area contributed by atoms with Crippen molar-refractivity contribution in [3.05, 3.63) is 58.7 Å². The van der Waals surface area contributed by atoms with Crippen LogP contribution in [0.1, 0.15) is 46.5 Å². The number of aromatic nitrogens is 5. The molecule has 136 valence electrons. The summed E-state index contributed by atoms with van der Waals surface area (Å²) in [6.07, 6.45) is 0.906. The summed E-state index contributed by atoms with van der Waals surface area (Å²) in [6.45, 7) is 8.76. The fraction of sp³-hybridized carbons (Fsp3) is 0.368. The summed E-state index contributed by atoms with van der Waals surface area (Å²) in [4.78, 5) is 12.6. The zero-order valence-electron chi connectivity index (χ0n) is 15.6. The highest BCUT2D eigenvalue weighted by Gasteiger charge is 2.19. The number of aryl methyl sites for hydroxylation is 3. The molecule has 0 aliphatic carbocycles. The van der Waals surface area contributed by atoms with Crippen LogP contribution in [0, 0.1) is 20.8 Å². The lowest BCUT2D eigenvalue weighted by Gasteiger charge is -2.12. The van der Waals surface area contributed by atoms with Crippen LogP contribution in [0.2, 0.25) is 0 Å². The van der Waals surface area contributed by atoms with E-state index in [0.29, 0.717) is 17.9 Å². The molecule has 2 aromatic heterocycles. The van der Waals surface area contributed by atoms with E-state index in [0.717, 1.165) is 29.1 Å². The molecule has 7 nitrogen and oxygen atoms in total. The first-order valence-electron chi connectivity index (χ1n) is 8.70. The van der Waals surface area contributed by atoms with Crippen LogP contribution < -0.4 is 0 Å². The Balaban J connectivity index is 1.82. The first kappa shape index (κ1) is 17.8. The van der Waals surface area contributed by atoms with Gasteiger partial charge in [0.05, 0.1) is 5.56 Å². The number of esters is 1. The molecule has 0 amide bonds. The third-order valence-electron chi connectivity index (χ3n) is 4.38. The normalized spacial score (nSPS) is 10.9. The van der Waals surface area contributed by atoms with Gasteiger partial charge in [-0.15, -0.1) is 5.10 Å². The van der Waals surface area contributed by atoms with Crippen LogP contribution in [-0.2, 0) is 17.9 Å². The number of para-hydroxylation sites is 1. The van der Waals surface area contributed by atoms with Gasteiger partial charge in [0, 0.05) is 23.6 Å². The maximum atomic E-state index is 12.6. The Kier molecular flexibility index (Phi) is 5.16. The van der Waals surface area contributed by atoms with Crippen LogP contribution >= 0.6 is 0 Å². The average molecular weight is 353 g/mol. The van der Waals surface area contributed by atoms with Crippen LogP contribution in [0.3, 0.4) is 0 Å². The van der Waals surface area contributed by atoms with Gasteiger partial charge in [0.25, 0.3) is 0 Å². The zero-order chi connectivity index (χ0) is 18.7. The van der Waals surface area contributed by atoms with Gasteiger partial charge in [0.15, 0.2) is 12.4 Å². The largest absolute Gasteiger partial charge is 0.454 e. The molecule has 0 saturated heterocycles. The highest BCUT2D eigenvalue weighted by atomic mass is 16.5. The molecule has 0 atom stereocenters. The summed E-state index contributed by atoms with van der Waals surface area (Å²) in [7, 11) is 0. The van der Waals surface area contributed by atoms with Crippen molar-refractivity contribution in [3.63, 3.8) is 0 Å². The van der Waals surface area contributed by atoms with E-state index >= 15 is 0 Å². The number of ether oxygens (including phenoxy) is 1. The van der Waals surface area contributed by atoms with Gasteiger partial charge in [-0.3, -0.25) is 0 Å². The van der Waals surface area contributed by atoms with Crippen LogP contribution in [0.5, 0.6) is 0 Å². The second-order valence-electron chi connectivity index (χ2n) is 6.30. The topological polar surface area (TPSA) is 74.8 Å². The molecule has 7 heteroatoms. The van der Waals surface area contributed by atoms with E-state index in [1.54, 1.807) is 4.68 Å². The highest BCUT2D eigenvalue weighted by Crippen LogP contribution is 2.23. The summed E-state index contributed by atoms with van der Waals surface area (Å²) in [5.41, 5.74) is 4.61. The van der Waals surface area contributed by atoms with E-state index in [9.17, 15) is 4.79 Å². The molecule has 0 fully saturated rings. The lowest BCUT2D eigenvalue weighted by atomic mass is 10.2. The van der Waals surface area contributed by atoms with Crippen molar-refractivity contribution >= 4 is 5.97 Å². The van der Waals surface area contributed by atoms with Crippen LogP contribution in [-0.4, -0.2) is 30.7 Å². The first-order valence-corrected chi connectivity index (χ1v) is 8.70. The summed E-state index contributed by atoms with van der Waals surface area (Å²) in [5, 5.41) is 11.5. The molecule has 0 aliphatic rings. The third-order valence-corrected chi connectivity index (χ3v) is 4.38. The molecule has 1 aromatic carbocycles. The summed E-state index contributed by atoms with van der Waals surface area (Å²) in [6, 6.07) is 9.96. The minimum absolute atomic E-state index is 0.0554. The fourth-order valence-corrected chi connectivity index (χ4v) is 3.07. The Morgan fingerprint density at radius 3 is 2.69 bits per heavy atom. The number of rotatable bonds is 6. The minimum atomic E-state index is -0.371. The molecule has 0 N–H and O–H groups in total. The predicted octanol–water partition coefficient (Wildman–Crippen LogP) is 3.16. The fourth-order valence-electron chi connectivity index (χ4n) is 3.07. The number of benzene rings is 1. The molecule has 0 bridgehead atoms.